The van der Waals surface area contributed by atoms with Crippen LogP contribution in [-0.4, -0.2) is 41.6 Å². The Balaban J connectivity index is 1.99. The normalized spacial score (nSPS) is 19.5. The molecule has 0 bridgehead atoms. The first kappa shape index (κ1) is 14.5. The van der Waals surface area contributed by atoms with Gasteiger partial charge < -0.3 is 9.64 Å². The first-order valence-electron chi connectivity index (χ1n) is 6.73. The molecular weight excluding hydrogens is 308 g/mol. The van der Waals surface area contributed by atoms with Gasteiger partial charge in [-0.2, -0.15) is 0 Å². The SMILES string of the molecule is CCCOC1CCCN(C(=O)c2ccnc(Br)c2)C1. The molecule has 1 aliphatic heterocycles. The first-order chi connectivity index (χ1) is 9.20. The van der Waals surface area contributed by atoms with Crippen LogP contribution in [0.1, 0.15) is 36.5 Å². The second-order valence-electron chi connectivity index (χ2n) is 4.75. The van der Waals surface area contributed by atoms with Crippen molar-refractivity contribution in [2.24, 2.45) is 0 Å². The molecule has 104 valence electrons. The molecule has 0 aliphatic carbocycles. The minimum Gasteiger partial charge on any atom is -0.376 e. The van der Waals surface area contributed by atoms with Crippen molar-refractivity contribution in [2.75, 3.05) is 19.7 Å². The number of aromatic nitrogens is 1. The second-order valence-corrected chi connectivity index (χ2v) is 5.57. The highest BCUT2D eigenvalue weighted by Crippen LogP contribution is 2.17. The summed E-state index contributed by atoms with van der Waals surface area (Å²) in [5.41, 5.74) is 0.679. The van der Waals surface area contributed by atoms with Crippen molar-refractivity contribution >= 4 is 21.8 Å². The van der Waals surface area contributed by atoms with E-state index in [1.807, 2.05) is 4.90 Å². The summed E-state index contributed by atoms with van der Waals surface area (Å²) in [5.74, 6) is 0.0629. The number of ether oxygens (including phenoxy) is 1. The highest BCUT2D eigenvalue weighted by atomic mass is 79.9. The van der Waals surface area contributed by atoms with E-state index < -0.39 is 0 Å². The quantitative estimate of drug-likeness (QED) is 0.799. The number of hydrogen-bond acceptors (Lipinski definition) is 3. The summed E-state index contributed by atoms with van der Waals surface area (Å²) in [7, 11) is 0. The molecule has 5 heteroatoms. The number of hydrogen-bond donors (Lipinski definition) is 0. The van der Waals surface area contributed by atoms with E-state index in [0.29, 0.717) is 16.7 Å². The van der Waals surface area contributed by atoms with E-state index in [2.05, 4.69) is 27.8 Å². The third kappa shape index (κ3) is 4.01. The predicted molar refractivity (Wildman–Crippen MR) is 77.1 cm³/mol. The maximum absolute atomic E-state index is 12.4. The smallest absolute Gasteiger partial charge is 0.254 e. The van der Waals surface area contributed by atoms with Gasteiger partial charge in [0.1, 0.15) is 4.60 Å². The van der Waals surface area contributed by atoms with Crippen molar-refractivity contribution < 1.29 is 9.53 Å². The van der Waals surface area contributed by atoms with Crippen LogP contribution in [0.4, 0.5) is 0 Å². The molecular formula is C14H19BrN2O2. The standard InChI is InChI=1S/C14H19BrN2O2/c1-2-8-19-12-4-3-7-17(10-12)14(18)11-5-6-16-13(15)9-11/h5-6,9,12H,2-4,7-8,10H2,1H3. The summed E-state index contributed by atoms with van der Waals surface area (Å²) in [6.45, 7) is 4.37. The van der Waals surface area contributed by atoms with Crippen LogP contribution in [-0.2, 0) is 4.74 Å². The minimum absolute atomic E-state index is 0.0629. The molecule has 2 heterocycles. The monoisotopic (exact) mass is 326 g/mol. The zero-order valence-corrected chi connectivity index (χ0v) is 12.7. The summed E-state index contributed by atoms with van der Waals surface area (Å²) < 4.78 is 6.45. The fourth-order valence-corrected chi connectivity index (χ4v) is 2.63. The molecule has 1 saturated heterocycles. The molecule has 0 spiro atoms. The van der Waals surface area contributed by atoms with E-state index in [-0.39, 0.29) is 12.0 Å². The van der Waals surface area contributed by atoms with Gasteiger partial charge in [0.15, 0.2) is 0 Å². The third-order valence-electron chi connectivity index (χ3n) is 3.20. The molecule has 1 atom stereocenters. The van der Waals surface area contributed by atoms with Gasteiger partial charge in [0.25, 0.3) is 5.91 Å². The maximum atomic E-state index is 12.4. The molecule has 0 N–H and O–H groups in total. The van der Waals surface area contributed by atoms with E-state index >= 15 is 0 Å². The van der Waals surface area contributed by atoms with Gasteiger partial charge >= 0.3 is 0 Å². The molecule has 1 unspecified atom stereocenters. The van der Waals surface area contributed by atoms with Crippen molar-refractivity contribution in [1.29, 1.82) is 0 Å². The van der Waals surface area contributed by atoms with Crippen molar-refractivity contribution in [3.8, 4) is 0 Å². The molecule has 4 nitrogen and oxygen atoms in total. The Hall–Kier alpha value is -0.940. The number of pyridine rings is 1. The van der Waals surface area contributed by atoms with Crippen LogP contribution in [0.2, 0.25) is 0 Å². The van der Waals surface area contributed by atoms with Gasteiger partial charge in [-0.1, -0.05) is 6.92 Å². The lowest BCUT2D eigenvalue weighted by Gasteiger charge is -2.32. The lowest BCUT2D eigenvalue weighted by Crippen LogP contribution is -2.43. The summed E-state index contributed by atoms with van der Waals surface area (Å²) in [6.07, 6.45) is 4.90. The molecule has 0 saturated carbocycles. The van der Waals surface area contributed by atoms with Crippen molar-refractivity contribution in [2.45, 2.75) is 32.3 Å². The molecule has 0 radical (unpaired) electrons. The van der Waals surface area contributed by atoms with Crippen LogP contribution in [0, 0.1) is 0 Å². The number of carbonyl (C=O) groups is 1. The molecule has 1 amide bonds. The Labute approximate surface area is 122 Å². The van der Waals surface area contributed by atoms with E-state index in [1.54, 1.807) is 18.3 Å². The van der Waals surface area contributed by atoms with Crippen LogP contribution in [0.3, 0.4) is 0 Å². The number of amides is 1. The molecule has 1 aromatic heterocycles. The van der Waals surface area contributed by atoms with E-state index in [0.717, 1.165) is 32.4 Å². The molecule has 1 fully saturated rings. The average molecular weight is 327 g/mol. The largest absolute Gasteiger partial charge is 0.376 e. The van der Waals surface area contributed by atoms with E-state index in [4.69, 9.17) is 4.74 Å². The van der Waals surface area contributed by atoms with Crippen LogP contribution < -0.4 is 0 Å². The highest BCUT2D eigenvalue weighted by Gasteiger charge is 2.24. The molecule has 1 aromatic rings. The Morgan fingerprint density at radius 1 is 1.63 bits per heavy atom. The van der Waals surface area contributed by atoms with Gasteiger partial charge in [-0.3, -0.25) is 4.79 Å². The molecule has 0 aromatic carbocycles. The number of halogens is 1. The van der Waals surface area contributed by atoms with E-state index in [9.17, 15) is 4.79 Å². The molecule has 19 heavy (non-hydrogen) atoms. The summed E-state index contributed by atoms with van der Waals surface area (Å²) in [4.78, 5) is 18.3. The number of carbonyl (C=O) groups excluding carboxylic acids is 1. The van der Waals surface area contributed by atoms with Crippen LogP contribution in [0.25, 0.3) is 0 Å². The fourth-order valence-electron chi connectivity index (χ4n) is 2.26. The highest BCUT2D eigenvalue weighted by molar-refractivity contribution is 9.10. The van der Waals surface area contributed by atoms with Crippen molar-refractivity contribution in [3.05, 3.63) is 28.5 Å². The lowest BCUT2D eigenvalue weighted by atomic mass is 10.1. The second kappa shape index (κ2) is 7.01. The molecule has 1 aliphatic rings. The zero-order chi connectivity index (χ0) is 13.7. The van der Waals surface area contributed by atoms with Crippen molar-refractivity contribution in [3.63, 3.8) is 0 Å². The number of nitrogens with zero attached hydrogens (tertiary/aromatic N) is 2. The number of likely N-dealkylation sites (tertiary alicyclic amines) is 1. The summed E-state index contributed by atoms with van der Waals surface area (Å²) >= 11 is 3.29. The molecule has 2 rings (SSSR count). The minimum atomic E-state index is 0.0629. The fraction of sp³-hybridized carbons (Fsp3) is 0.571. The Morgan fingerprint density at radius 3 is 3.21 bits per heavy atom. The van der Waals surface area contributed by atoms with Crippen LogP contribution in [0.15, 0.2) is 22.9 Å². The predicted octanol–water partition coefficient (Wildman–Crippen LogP) is 2.88. The van der Waals surface area contributed by atoms with Gasteiger partial charge in [0.2, 0.25) is 0 Å². The topological polar surface area (TPSA) is 42.4 Å². The van der Waals surface area contributed by atoms with Crippen LogP contribution in [0.5, 0.6) is 0 Å². The average Bonchev–Trinajstić information content (AvgIpc) is 2.44. The van der Waals surface area contributed by atoms with Gasteiger partial charge in [0, 0.05) is 31.5 Å². The first-order valence-corrected chi connectivity index (χ1v) is 7.52. The van der Waals surface area contributed by atoms with Crippen LogP contribution >= 0.6 is 15.9 Å². The summed E-state index contributed by atoms with van der Waals surface area (Å²) in [6, 6.07) is 3.52. The van der Waals surface area contributed by atoms with Gasteiger partial charge in [-0.15, -0.1) is 0 Å². The van der Waals surface area contributed by atoms with Gasteiger partial charge in [-0.05, 0) is 47.3 Å². The lowest BCUT2D eigenvalue weighted by molar-refractivity contribution is 0.00210. The number of piperidine rings is 1. The summed E-state index contributed by atoms with van der Waals surface area (Å²) in [5, 5.41) is 0. The van der Waals surface area contributed by atoms with Gasteiger partial charge in [0.05, 0.1) is 6.10 Å². The Morgan fingerprint density at radius 2 is 2.47 bits per heavy atom. The van der Waals surface area contributed by atoms with E-state index in [1.165, 1.54) is 0 Å². The number of rotatable bonds is 4. The van der Waals surface area contributed by atoms with Gasteiger partial charge in [-0.25, -0.2) is 4.98 Å². The van der Waals surface area contributed by atoms with Crippen molar-refractivity contribution in [1.82, 2.24) is 9.88 Å². The Kier molecular flexibility index (Phi) is 5.34. The zero-order valence-electron chi connectivity index (χ0n) is 11.1. The third-order valence-corrected chi connectivity index (χ3v) is 3.63. The maximum Gasteiger partial charge on any atom is 0.254 e. The Bertz CT molecular complexity index is 439.